The maximum Gasteiger partial charge on any atom is 0.326 e. The quantitative estimate of drug-likeness (QED) is 0.127. The summed E-state index contributed by atoms with van der Waals surface area (Å²) in [5.41, 5.74) is 5.53. The van der Waals surface area contributed by atoms with Crippen molar-refractivity contribution in [2.75, 3.05) is 25.1 Å². The first-order chi connectivity index (χ1) is 15.7. The Morgan fingerprint density at radius 1 is 1.00 bits per heavy atom. The van der Waals surface area contributed by atoms with Gasteiger partial charge >= 0.3 is 11.9 Å². The predicted octanol–water partition coefficient (Wildman–Crippen LogP) is -1.37. The third-order valence-corrected chi connectivity index (χ3v) is 5.84. The number of unbranched alkanes of at least 4 members (excludes halogenated alkanes) is 1. The predicted molar refractivity (Wildman–Crippen MR) is 123 cm³/mol. The van der Waals surface area contributed by atoms with Gasteiger partial charge in [-0.15, -0.1) is 0 Å². The number of carboxylic acids is 2. The topological polar surface area (TPSA) is 200 Å². The lowest BCUT2D eigenvalue weighted by atomic mass is 10.1. The molecule has 0 bridgehead atoms. The summed E-state index contributed by atoms with van der Waals surface area (Å²) >= 11 is 1.43. The van der Waals surface area contributed by atoms with Crippen LogP contribution in [-0.4, -0.2) is 89.1 Å². The number of carbonyl (C=O) groups is 5. The Hall–Kier alpha value is -2.38. The number of hydrogen-bond donors (Lipinski definition) is 7. The zero-order valence-corrected chi connectivity index (χ0v) is 19.6. The van der Waals surface area contributed by atoms with Gasteiger partial charge in [-0.25, -0.2) is 4.79 Å². The summed E-state index contributed by atoms with van der Waals surface area (Å²) in [5, 5.41) is 28.7. The van der Waals surface area contributed by atoms with Crippen LogP contribution < -0.4 is 27.0 Å². The van der Waals surface area contributed by atoms with E-state index in [0.717, 1.165) is 13.0 Å². The van der Waals surface area contributed by atoms with E-state index in [9.17, 15) is 29.1 Å². The fraction of sp³-hybridized carbons (Fsp3) is 0.750. The van der Waals surface area contributed by atoms with Crippen LogP contribution in [0.5, 0.6) is 0 Å². The lowest BCUT2D eigenvalue weighted by Crippen LogP contribution is -2.57. The summed E-state index contributed by atoms with van der Waals surface area (Å²) in [6.45, 7) is 1.16. The first kappa shape index (κ1) is 28.7. The molecule has 0 radical (unpaired) electrons. The van der Waals surface area contributed by atoms with Crippen LogP contribution in [0.4, 0.5) is 0 Å². The van der Waals surface area contributed by atoms with Gasteiger partial charge in [-0.1, -0.05) is 0 Å². The van der Waals surface area contributed by atoms with Crippen molar-refractivity contribution >= 4 is 41.4 Å². The molecule has 3 amide bonds. The minimum Gasteiger partial charge on any atom is -0.481 e. The molecule has 0 spiro atoms. The molecule has 12 nitrogen and oxygen atoms in total. The van der Waals surface area contributed by atoms with Gasteiger partial charge in [0.1, 0.15) is 18.1 Å². The highest BCUT2D eigenvalue weighted by Gasteiger charge is 2.31. The van der Waals surface area contributed by atoms with Gasteiger partial charge in [-0.2, -0.15) is 11.8 Å². The van der Waals surface area contributed by atoms with Crippen LogP contribution in [0.2, 0.25) is 0 Å². The van der Waals surface area contributed by atoms with E-state index in [4.69, 9.17) is 10.8 Å². The molecule has 0 aromatic heterocycles. The Bertz CT molecular complexity index is 688. The van der Waals surface area contributed by atoms with E-state index in [2.05, 4.69) is 21.3 Å². The molecular weight excluding hydrogens is 454 g/mol. The number of nitrogens with two attached hydrogens (primary N) is 1. The molecular formula is C20H35N5O7S. The number of nitrogens with one attached hydrogen (secondary N) is 4. The monoisotopic (exact) mass is 489 g/mol. The summed E-state index contributed by atoms with van der Waals surface area (Å²) in [6, 6.07) is -3.97. The van der Waals surface area contributed by atoms with Gasteiger partial charge in [-0.3, -0.25) is 19.2 Å². The third-order valence-electron chi connectivity index (χ3n) is 5.19. The molecule has 8 N–H and O–H groups in total. The van der Waals surface area contributed by atoms with Crippen molar-refractivity contribution in [2.24, 2.45) is 5.73 Å². The van der Waals surface area contributed by atoms with Crippen LogP contribution in [0, 0.1) is 0 Å². The van der Waals surface area contributed by atoms with Gasteiger partial charge in [0, 0.05) is 0 Å². The molecule has 4 unspecified atom stereocenters. The average molecular weight is 490 g/mol. The smallest absolute Gasteiger partial charge is 0.326 e. The average Bonchev–Trinajstić information content (AvgIpc) is 3.30. The summed E-state index contributed by atoms with van der Waals surface area (Å²) in [4.78, 5) is 60.4. The molecule has 0 saturated carbocycles. The van der Waals surface area contributed by atoms with Gasteiger partial charge in [0.25, 0.3) is 0 Å². The van der Waals surface area contributed by atoms with Crippen LogP contribution in [-0.2, 0) is 24.0 Å². The van der Waals surface area contributed by atoms with Crippen LogP contribution in [0.1, 0.15) is 44.9 Å². The van der Waals surface area contributed by atoms with E-state index in [1.165, 1.54) is 11.8 Å². The molecule has 1 rings (SSSR count). The Morgan fingerprint density at radius 3 is 2.15 bits per heavy atom. The van der Waals surface area contributed by atoms with E-state index in [0.29, 0.717) is 38.0 Å². The fourth-order valence-electron chi connectivity index (χ4n) is 3.37. The van der Waals surface area contributed by atoms with E-state index in [-0.39, 0.29) is 18.4 Å². The lowest BCUT2D eigenvalue weighted by molar-refractivity contribution is -0.147. The molecule has 0 aromatic carbocycles. The van der Waals surface area contributed by atoms with Gasteiger partial charge in [0.05, 0.1) is 12.5 Å². The summed E-state index contributed by atoms with van der Waals surface area (Å²) in [5.74, 6) is -4.03. The molecule has 1 saturated heterocycles. The number of aliphatic carboxylic acids is 2. The molecule has 4 atom stereocenters. The second-order valence-electron chi connectivity index (χ2n) is 7.83. The zero-order chi connectivity index (χ0) is 24.8. The van der Waals surface area contributed by atoms with Gasteiger partial charge in [0.15, 0.2) is 0 Å². The molecule has 1 heterocycles. The van der Waals surface area contributed by atoms with Crippen LogP contribution in [0.25, 0.3) is 0 Å². The van der Waals surface area contributed by atoms with Gasteiger partial charge in [-0.05, 0) is 63.6 Å². The van der Waals surface area contributed by atoms with Crippen molar-refractivity contribution in [3.05, 3.63) is 0 Å². The molecule has 188 valence electrons. The van der Waals surface area contributed by atoms with Crippen molar-refractivity contribution in [1.82, 2.24) is 21.3 Å². The minimum atomic E-state index is -1.63. The summed E-state index contributed by atoms with van der Waals surface area (Å²) in [6.07, 6.45) is 4.33. The van der Waals surface area contributed by atoms with Crippen molar-refractivity contribution < 1.29 is 34.2 Å². The number of thioether (sulfide) groups is 1. The van der Waals surface area contributed by atoms with Crippen molar-refractivity contribution in [2.45, 2.75) is 69.1 Å². The molecule has 1 aliphatic rings. The normalized spacial score (nSPS) is 18.1. The fourth-order valence-corrected chi connectivity index (χ4v) is 3.84. The minimum absolute atomic E-state index is 0.200. The van der Waals surface area contributed by atoms with Crippen LogP contribution >= 0.6 is 11.8 Å². The van der Waals surface area contributed by atoms with E-state index < -0.39 is 48.3 Å². The summed E-state index contributed by atoms with van der Waals surface area (Å²) in [7, 11) is 0. The number of hydrogen-bond acceptors (Lipinski definition) is 8. The van der Waals surface area contributed by atoms with Gasteiger partial charge < -0.3 is 37.2 Å². The van der Waals surface area contributed by atoms with Crippen molar-refractivity contribution in [3.63, 3.8) is 0 Å². The maximum atomic E-state index is 13.0. The number of carboxylic acid groups (broad SMARTS) is 2. The van der Waals surface area contributed by atoms with Gasteiger partial charge in [0.2, 0.25) is 17.7 Å². The van der Waals surface area contributed by atoms with Crippen LogP contribution in [0.15, 0.2) is 0 Å². The van der Waals surface area contributed by atoms with E-state index in [1.807, 2.05) is 6.26 Å². The van der Waals surface area contributed by atoms with Crippen molar-refractivity contribution in [3.8, 4) is 0 Å². The maximum absolute atomic E-state index is 13.0. The molecule has 13 heteroatoms. The Labute approximate surface area is 197 Å². The Morgan fingerprint density at radius 2 is 1.64 bits per heavy atom. The Kier molecular flexibility index (Phi) is 13.4. The standard InChI is InChI=1S/C20H35N5O7S/c1-33-10-7-14(19(30)25-15(20(31)32)11-16(26)27)24-18(29)13(5-2-3-8-21)23-17(28)12-6-4-9-22-12/h12-15,22H,2-11,21H2,1H3,(H,23,28)(H,24,29)(H,25,30)(H,26,27)(H,31,32). The molecule has 0 aromatic rings. The highest BCUT2D eigenvalue weighted by molar-refractivity contribution is 7.98. The molecule has 0 aliphatic carbocycles. The first-order valence-electron chi connectivity index (χ1n) is 11.0. The van der Waals surface area contributed by atoms with Crippen LogP contribution in [0.3, 0.4) is 0 Å². The second kappa shape index (κ2) is 15.5. The molecule has 33 heavy (non-hydrogen) atoms. The first-order valence-corrected chi connectivity index (χ1v) is 12.4. The van der Waals surface area contributed by atoms with Crippen molar-refractivity contribution in [1.29, 1.82) is 0 Å². The second-order valence-corrected chi connectivity index (χ2v) is 8.82. The zero-order valence-electron chi connectivity index (χ0n) is 18.8. The largest absolute Gasteiger partial charge is 0.481 e. The highest BCUT2D eigenvalue weighted by atomic mass is 32.2. The summed E-state index contributed by atoms with van der Waals surface area (Å²) < 4.78 is 0. The molecule has 1 aliphatic heterocycles. The number of amides is 3. The number of rotatable bonds is 16. The number of carbonyl (C=O) groups excluding carboxylic acids is 3. The Balaban J connectivity index is 2.89. The molecule has 1 fully saturated rings. The highest BCUT2D eigenvalue weighted by Crippen LogP contribution is 2.09. The SMILES string of the molecule is CSCCC(NC(=O)C(CCCCN)NC(=O)C1CCCN1)C(=O)NC(CC(=O)O)C(=O)O. The van der Waals surface area contributed by atoms with E-state index >= 15 is 0 Å². The van der Waals surface area contributed by atoms with E-state index in [1.54, 1.807) is 0 Å². The lowest BCUT2D eigenvalue weighted by Gasteiger charge is -2.25. The third kappa shape index (κ3) is 10.9.